The molecule has 2 heterocycles. The van der Waals surface area contributed by atoms with Gasteiger partial charge in [-0.3, -0.25) is 0 Å². The molecule has 0 amide bonds. The van der Waals surface area contributed by atoms with Crippen molar-refractivity contribution < 1.29 is 4.39 Å². The van der Waals surface area contributed by atoms with Crippen LogP contribution in [0.5, 0.6) is 0 Å². The number of anilines is 1. The predicted octanol–water partition coefficient (Wildman–Crippen LogP) is 3.49. The summed E-state index contributed by atoms with van der Waals surface area (Å²) in [6.45, 7) is 2.12. The summed E-state index contributed by atoms with van der Waals surface area (Å²) in [6, 6.07) is 9.26. The van der Waals surface area contributed by atoms with E-state index in [2.05, 4.69) is 22.9 Å². The van der Waals surface area contributed by atoms with Gasteiger partial charge in [0.1, 0.15) is 5.82 Å². The number of rotatable bonds is 1. The molecule has 2 nitrogen and oxygen atoms in total. The quantitative estimate of drug-likeness (QED) is 0.772. The molecular formula is C13H13FN2. The molecule has 1 aliphatic heterocycles. The van der Waals surface area contributed by atoms with Gasteiger partial charge in [-0.05, 0) is 36.8 Å². The number of halogens is 1. The summed E-state index contributed by atoms with van der Waals surface area (Å²) in [6.07, 6.45) is 3.01. The molecule has 0 unspecified atom stereocenters. The van der Waals surface area contributed by atoms with Gasteiger partial charge in [0, 0.05) is 11.9 Å². The van der Waals surface area contributed by atoms with E-state index >= 15 is 0 Å². The van der Waals surface area contributed by atoms with Crippen LogP contribution in [0.2, 0.25) is 0 Å². The molecule has 2 aromatic rings. The lowest BCUT2D eigenvalue weighted by Gasteiger charge is -2.28. The van der Waals surface area contributed by atoms with E-state index in [9.17, 15) is 4.39 Å². The van der Waals surface area contributed by atoms with Crippen molar-refractivity contribution in [1.82, 2.24) is 4.57 Å². The number of nitrogens with one attached hydrogen (secondary N) is 1. The zero-order valence-corrected chi connectivity index (χ0v) is 9.07. The number of hydrogen-bond acceptors (Lipinski definition) is 1. The molecule has 1 aliphatic rings. The second-order valence-electron chi connectivity index (χ2n) is 4.07. The molecule has 0 bridgehead atoms. The van der Waals surface area contributed by atoms with E-state index in [0.717, 1.165) is 17.8 Å². The van der Waals surface area contributed by atoms with Crippen LogP contribution in [-0.4, -0.2) is 4.57 Å². The second kappa shape index (κ2) is 3.37. The van der Waals surface area contributed by atoms with Crippen molar-refractivity contribution in [2.75, 3.05) is 5.32 Å². The summed E-state index contributed by atoms with van der Waals surface area (Å²) in [7, 11) is 0. The number of hydrogen-bond donors (Lipinski definition) is 1. The summed E-state index contributed by atoms with van der Waals surface area (Å²) in [5, 5.41) is 3.37. The van der Waals surface area contributed by atoms with Crippen LogP contribution in [-0.2, 0) is 0 Å². The summed E-state index contributed by atoms with van der Waals surface area (Å²) in [5.74, 6) is -0.197. The molecular weight excluding hydrogens is 203 g/mol. The van der Waals surface area contributed by atoms with Crippen molar-refractivity contribution in [3.63, 3.8) is 0 Å². The topological polar surface area (TPSA) is 17.0 Å². The highest BCUT2D eigenvalue weighted by Crippen LogP contribution is 2.35. The Balaban J connectivity index is 2.21. The first-order chi connectivity index (χ1) is 7.79. The first kappa shape index (κ1) is 9.46. The average Bonchev–Trinajstić information content (AvgIpc) is 2.76. The van der Waals surface area contributed by atoms with E-state index in [0.29, 0.717) is 0 Å². The first-order valence-corrected chi connectivity index (χ1v) is 5.53. The molecule has 3 heteroatoms. The van der Waals surface area contributed by atoms with Gasteiger partial charge >= 0.3 is 0 Å². The minimum atomic E-state index is -0.197. The van der Waals surface area contributed by atoms with Crippen molar-refractivity contribution in [2.45, 2.75) is 19.4 Å². The molecule has 1 N–H and O–H groups in total. The molecule has 0 spiro atoms. The van der Waals surface area contributed by atoms with Gasteiger partial charge in [-0.1, -0.05) is 6.92 Å². The molecule has 1 aromatic heterocycles. The lowest BCUT2D eigenvalue weighted by molar-refractivity contribution is 0.623. The highest BCUT2D eigenvalue weighted by molar-refractivity contribution is 5.65. The second-order valence-corrected chi connectivity index (χ2v) is 4.07. The van der Waals surface area contributed by atoms with Crippen LogP contribution in [0.15, 0.2) is 36.5 Å². The Kier molecular flexibility index (Phi) is 1.99. The van der Waals surface area contributed by atoms with Crippen molar-refractivity contribution in [3.05, 3.63) is 48.0 Å². The lowest BCUT2D eigenvalue weighted by atomic mass is 10.1. The molecule has 0 saturated heterocycles. The van der Waals surface area contributed by atoms with Gasteiger partial charge in [-0.15, -0.1) is 0 Å². The highest BCUT2D eigenvalue weighted by Gasteiger charge is 2.22. The van der Waals surface area contributed by atoms with Gasteiger partial charge in [-0.25, -0.2) is 4.39 Å². The summed E-state index contributed by atoms with van der Waals surface area (Å²) >= 11 is 0. The van der Waals surface area contributed by atoms with Crippen molar-refractivity contribution >= 4 is 5.69 Å². The number of nitrogens with zero attached hydrogens (tertiary/aromatic N) is 1. The third kappa shape index (κ3) is 1.24. The van der Waals surface area contributed by atoms with E-state index < -0.39 is 0 Å². The number of aromatic nitrogens is 1. The van der Waals surface area contributed by atoms with E-state index in [1.807, 2.05) is 18.3 Å². The van der Waals surface area contributed by atoms with Gasteiger partial charge in [0.2, 0.25) is 0 Å². The summed E-state index contributed by atoms with van der Waals surface area (Å²) in [4.78, 5) is 0. The summed E-state index contributed by atoms with van der Waals surface area (Å²) in [5.41, 5.74) is 3.13. The molecule has 0 saturated carbocycles. The number of fused-ring (bicyclic) bond motifs is 3. The van der Waals surface area contributed by atoms with Crippen LogP contribution in [0, 0.1) is 5.82 Å². The fraction of sp³-hybridized carbons (Fsp3) is 0.231. The van der Waals surface area contributed by atoms with Crippen LogP contribution in [0.3, 0.4) is 0 Å². The van der Waals surface area contributed by atoms with Crippen molar-refractivity contribution in [2.24, 2.45) is 0 Å². The van der Waals surface area contributed by atoms with Crippen LogP contribution >= 0.6 is 0 Å². The Labute approximate surface area is 93.7 Å². The van der Waals surface area contributed by atoms with E-state index in [-0.39, 0.29) is 11.9 Å². The Bertz CT molecular complexity index is 530. The predicted molar refractivity (Wildman–Crippen MR) is 62.4 cm³/mol. The maximum atomic E-state index is 13.2. The van der Waals surface area contributed by atoms with Gasteiger partial charge in [0.15, 0.2) is 0 Å². The molecule has 1 aromatic carbocycles. The van der Waals surface area contributed by atoms with Crippen molar-refractivity contribution in [1.29, 1.82) is 0 Å². The van der Waals surface area contributed by atoms with E-state index in [4.69, 9.17) is 0 Å². The highest BCUT2D eigenvalue weighted by atomic mass is 19.1. The maximum Gasteiger partial charge on any atom is 0.125 e. The Morgan fingerprint density at radius 2 is 2.25 bits per heavy atom. The Hall–Kier alpha value is -1.77. The molecule has 3 rings (SSSR count). The fourth-order valence-corrected chi connectivity index (χ4v) is 2.30. The van der Waals surface area contributed by atoms with E-state index in [1.54, 1.807) is 6.07 Å². The normalized spacial score (nSPS) is 17.5. The standard InChI is InChI=1S/C13H13FN2/c1-2-10-12-4-3-7-16(12)13-6-5-9(14)8-11(13)15-10/h3-8,10,15H,2H2,1H3/t10-/m1/s1. The van der Waals surface area contributed by atoms with Gasteiger partial charge in [-0.2, -0.15) is 0 Å². The maximum absolute atomic E-state index is 13.2. The largest absolute Gasteiger partial charge is 0.375 e. The fourth-order valence-electron chi connectivity index (χ4n) is 2.30. The van der Waals surface area contributed by atoms with Crippen LogP contribution in [0.25, 0.3) is 5.69 Å². The van der Waals surface area contributed by atoms with Crippen LogP contribution < -0.4 is 5.32 Å². The third-order valence-electron chi connectivity index (χ3n) is 3.09. The molecule has 1 atom stereocenters. The summed E-state index contributed by atoms with van der Waals surface area (Å²) < 4.78 is 15.3. The van der Waals surface area contributed by atoms with Gasteiger partial charge in [0.05, 0.1) is 17.4 Å². The third-order valence-corrected chi connectivity index (χ3v) is 3.09. The molecule has 0 radical (unpaired) electrons. The molecule has 0 fully saturated rings. The number of benzene rings is 1. The Morgan fingerprint density at radius 3 is 3.06 bits per heavy atom. The smallest absolute Gasteiger partial charge is 0.125 e. The van der Waals surface area contributed by atoms with Gasteiger partial charge < -0.3 is 9.88 Å². The molecule has 16 heavy (non-hydrogen) atoms. The SMILES string of the molecule is CC[C@H]1Nc2cc(F)ccc2-n2cccc21. The lowest BCUT2D eigenvalue weighted by Crippen LogP contribution is -2.20. The molecule has 82 valence electrons. The Morgan fingerprint density at radius 1 is 1.38 bits per heavy atom. The first-order valence-electron chi connectivity index (χ1n) is 5.53. The average molecular weight is 216 g/mol. The monoisotopic (exact) mass is 216 g/mol. The zero-order chi connectivity index (χ0) is 11.1. The molecule has 0 aliphatic carbocycles. The van der Waals surface area contributed by atoms with Crippen LogP contribution in [0.1, 0.15) is 25.1 Å². The minimum Gasteiger partial charge on any atom is -0.375 e. The van der Waals surface area contributed by atoms with E-state index in [1.165, 1.54) is 11.8 Å². The van der Waals surface area contributed by atoms with Crippen molar-refractivity contribution in [3.8, 4) is 5.69 Å². The minimum absolute atomic E-state index is 0.197. The van der Waals surface area contributed by atoms with Crippen LogP contribution in [0.4, 0.5) is 10.1 Å². The zero-order valence-electron chi connectivity index (χ0n) is 9.07. The van der Waals surface area contributed by atoms with Gasteiger partial charge in [0.25, 0.3) is 0 Å².